The zero-order valence-electron chi connectivity index (χ0n) is 50.6. The Morgan fingerprint density at radius 3 is 1.17 bits per heavy atom. The number of fused-ring (bicyclic) bond motifs is 21. The van der Waals surface area contributed by atoms with E-state index in [1.165, 1.54) is 221 Å². The van der Waals surface area contributed by atoms with Crippen LogP contribution in [0, 0.1) is 55.4 Å². The normalized spacial score (nSPS) is 13.2. The number of aryl methyl sites for hydroxylation is 8. The van der Waals surface area contributed by atoms with Crippen molar-refractivity contribution in [3.8, 4) is 78.1 Å². The maximum Gasteiger partial charge on any atom is 0.333 e. The molecule has 16 aromatic rings. The molecule has 12 aromatic carbocycles. The summed E-state index contributed by atoms with van der Waals surface area (Å²) in [6.07, 6.45) is 0. The quantitative estimate of drug-likeness (QED) is 0.157. The van der Waals surface area contributed by atoms with Crippen LogP contribution in [0.3, 0.4) is 0 Å². The maximum atomic E-state index is 2.82. The van der Waals surface area contributed by atoms with E-state index in [1.807, 2.05) is 0 Å². The maximum absolute atomic E-state index is 2.82. The van der Waals surface area contributed by atoms with E-state index in [1.54, 1.807) is 0 Å². The first-order valence-corrected chi connectivity index (χ1v) is 31.4. The number of hydrogen-bond acceptors (Lipinski definition) is 0. The summed E-state index contributed by atoms with van der Waals surface area (Å²) in [5, 5.41) is 7.82. The average molecular weight is 1120 g/mol. The Morgan fingerprint density at radius 2 is 0.693 bits per heavy atom. The van der Waals surface area contributed by atoms with Crippen molar-refractivity contribution in [1.29, 1.82) is 0 Å². The first-order chi connectivity index (χ1) is 43.0. The molecule has 20 rings (SSSR count). The van der Waals surface area contributed by atoms with E-state index in [4.69, 9.17) is 0 Å². The van der Waals surface area contributed by atoms with Crippen LogP contribution in [0.5, 0.6) is 0 Å². The van der Waals surface area contributed by atoms with Crippen LogP contribution in [0.1, 0.15) is 44.5 Å². The van der Waals surface area contributed by atoms with E-state index in [9.17, 15) is 0 Å². The van der Waals surface area contributed by atoms with E-state index < -0.39 is 0 Å². The topological polar surface area (TPSA) is 19.7 Å². The summed E-state index contributed by atoms with van der Waals surface area (Å²) in [7, 11) is 0. The van der Waals surface area contributed by atoms with Crippen molar-refractivity contribution in [2.75, 3.05) is 0 Å². The molecule has 0 unspecified atom stereocenters. The molecule has 0 spiro atoms. The summed E-state index contributed by atoms with van der Waals surface area (Å²) < 4.78 is 11.0. The number of aromatic nitrogens is 4. The van der Waals surface area contributed by atoms with Gasteiger partial charge in [-0.25, -0.2) is 0 Å². The molecule has 0 atom stereocenters. The van der Waals surface area contributed by atoms with Gasteiger partial charge in [-0.3, -0.25) is 0 Å². The second-order valence-corrected chi connectivity index (χ2v) is 26.3. The van der Waals surface area contributed by atoms with Crippen LogP contribution in [0.2, 0.25) is 0 Å². The van der Waals surface area contributed by atoms with Crippen LogP contribution in [0.25, 0.3) is 155 Å². The van der Waals surface area contributed by atoms with Crippen LogP contribution in [0.4, 0.5) is 0 Å². The predicted octanol–water partition coefficient (Wildman–Crippen LogP) is 18.0. The van der Waals surface area contributed by atoms with E-state index >= 15 is 0 Å². The monoisotopic (exact) mass is 1120 g/mol. The fraction of sp³-hybridized carbons (Fsp3) is 0.0976. The SMILES string of the molecule is Cc1ccc(-c2cc(-c3ccc(C)cc3C)c3c4ccc5c6c4n(c3c2)-c2ccccc2B6n2c3c-5cccc3c3c2c2cccc4c2n3B2c3ccccc3-n3c5cc(-c6c(C)cccc6C)cc(-c6ccc(C)cc6C)c5c5ccc-4c2c53)c(C)c1. The van der Waals surface area contributed by atoms with Crippen molar-refractivity contribution in [1.82, 2.24) is 18.1 Å². The highest BCUT2D eigenvalue weighted by Crippen LogP contribution is 2.52. The molecule has 412 valence electrons. The van der Waals surface area contributed by atoms with Gasteiger partial charge in [0.2, 0.25) is 0 Å². The summed E-state index contributed by atoms with van der Waals surface area (Å²) in [6, 6.07) is 80.8. The Labute approximate surface area is 511 Å². The lowest BCUT2D eigenvalue weighted by Crippen LogP contribution is -2.55. The zero-order chi connectivity index (χ0) is 58.6. The van der Waals surface area contributed by atoms with Crippen molar-refractivity contribution >= 4 is 112 Å². The molecule has 0 amide bonds. The second kappa shape index (κ2) is 16.8. The minimum absolute atomic E-state index is 0.0987. The number of para-hydroxylation sites is 4. The number of rotatable bonds is 4. The van der Waals surface area contributed by atoms with Gasteiger partial charge in [0, 0.05) is 65.9 Å². The third kappa shape index (κ3) is 5.94. The first kappa shape index (κ1) is 48.9. The molecule has 4 nitrogen and oxygen atoms in total. The van der Waals surface area contributed by atoms with Crippen molar-refractivity contribution < 1.29 is 0 Å². The van der Waals surface area contributed by atoms with Gasteiger partial charge in [0.15, 0.2) is 0 Å². The fourth-order valence-corrected chi connectivity index (χ4v) is 18.0. The number of hydrogen-bond donors (Lipinski definition) is 0. The first-order valence-electron chi connectivity index (χ1n) is 31.4. The molecule has 6 heteroatoms. The smallest absolute Gasteiger partial charge is 0.333 e. The molecule has 0 saturated carbocycles. The Hall–Kier alpha value is -10.3. The summed E-state index contributed by atoms with van der Waals surface area (Å²) in [4.78, 5) is 0. The Bertz CT molecular complexity index is 5970. The summed E-state index contributed by atoms with van der Waals surface area (Å²) >= 11 is 0. The predicted molar refractivity (Wildman–Crippen MR) is 375 cm³/mol. The van der Waals surface area contributed by atoms with Gasteiger partial charge in [-0.15, -0.1) is 0 Å². The number of benzene rings is 12. The van der Waals surface area contributed by atoms with Gasteiger partial charge in [-0.1, -0.05) is 187 Å². The standard InChI is InChI=1S/C82H58B2N4/c1-43-26-29-53(48(6)36-43)51-39-64(54-30-27-44(2)37-49(54)7)73-60-34-32-56-58-18-14-20-62-77(58)87(83-66-22-9-11-24-68(66)85(70(73)41-51)79(60)75(56)83)81-63-21-15-19-59-57-33-35-61-74-65(55-31-28-45(3)38-50(55)8)40-52(72-46(4)16-13-17-47(72)5)42-71(74)86-69-25-12-10-23-67(69)84(76(57)80(61)86)88(78(59)63)82(62)81/h9-42H,1-8H3. The molecule has 0 aliphatic carbocycles. The lowest BCUT2D eigenvalue weighted by molar-refractivity contribution is 1.18. The lowest BCUT2D eigenvalue weighted by atomic mass is 9.45. The molecule has 4 aromatic heterocycles. The fourth-order valence-electron chi connectivity index (χ4n) is 18.0. The summed E-state index contributed by atoms with van der Waals surface area (Å²) in [5.41, 5.74) is 44.0. The van der Waals surface area contributed by atoms with Crippen LogP contribution in [-0.4, -0.2) is 31.8 Å². The number of nitrogens with zero attached hydrogens (tertiary/aromatic N) is 4. The molecular formula is C82H58B2N4. The van der Waals surface area contributed by atoms with Gasteiger partial charge in [-0.2, -0.15) is 0 Å². The zero-order valence-corrected chi connectivity index (χ0v) is 50.6. The van der Waals surface area contributed by atoms with Crippen molar-refractivity contribution in [2.24, 2.45) is 0 Å². The second-order valence-electron chi connectivity index (χ2n) is 26.3. The van der Waals surface area contributed by atoms with E-state index in [-0.39, 0.29) is 13.7 Å². The molecule has 0 N–H and O–H groups in total. The van der Waals surface area contributed by atoms with Crippen LogP contribution in [0.15, 0.2) is 206 Å². The molecule has 4 aliphatic heterocycles. The lowest BCUT2D eigenvalue weighted by Gasteiger charge is -2.34. The van der Waals surface area contributed by atoms with Crippen LogP contribution in [-0.2, 0) is 0 Å². The molecule has 4 aliphatic rings. The van der Waals surface area contributed by atoms with Gasteiger partial charge in [-0.05, 0) is 197 Å². The minimum Gasteiger partial charge on any atom is -0.374 e. The summed E-state index contributed by atoms with van der Waals surface area (Å²) in [6.45, 7) is 17.8. The molecule has 0 fully saturated rings. The van der Waals surface area contributed by atoms with Gasteiger partial charge in [0.1, 0.15) is 0 Å². The molecule has 0 radical (unpaired) electrons. The van der Waals surface area contributed by atoms with Crippen molar-refractivity contribution in [3.05, 3.63) is 251 Å². The van der Waals surface area contributed by atoms with E-state index in [0.29, 0.717) is 0 Å². The van der Waals surface area contributed by atoms with E-state index in [0.717, 1.165) is 0 Å². The highest BCUT2D eigenvalue weighted by atomic mass is 15.1. The Morgan fingerprint density at radius 1 is 0.273 bits per heavy atom. The largest absolute Gasteiger partial charge is 0.374 e. The van der Waals surface area contributed by atoms with Gasteiger partial charge >= 0.3 is 13.7 Å². The highest BCUT2D eigenvalue weighted by molar-refractivity contribution is 6.92. The highest BCUT2D eigenvalue weighted by Gasteiger charge is 2.47. The van der Waals surface area contributed by atoms with Crippen molar-refractivity contribution in [3.63, 3.8) is 0 Å². The molecule has 8 heterocycles. The third-order valence-corrected chi connectivity index (χ3v) is 21.3. The third-order valence-electron chi connectivity index (χ3n) is 21.3. The molecule has 0 bridgehead atoms. The Kier molecular flexibility index (Phi) is 9.34. The summed E-state index contributed by atoms with van der Waals surface area (Å²) in [5.74, 6) is 0. The molecular weight excluding hydrogens is 1060 g/mol. The van der Waals surface area contributed by atoms with E-state index in [2.05, 4.69) is 280 Å². The van der Waals surface area contributed by atoms with Crippen LogP contribution < -0.4 is 21.9 Å². The van der Waals surface area contributed by atoms with Gasteiger partial charge in [0.05, 0.1) is 33.1 Å². The van der Waals surface area contributed by atoms with Gasteiger partial charge in [0.25, 0.3) is 0 Å². The Balaban J connectivity index is 0.903. The van der Waals surface area contributed by atoms with Gasteiger partial charge < -0.3 is 18.1 Å². The molecule has 0 saturated heterocycles. The van der Waals surface area contributed by atoms with Crippen LogP contribution >= 0.6 is 0 Å². The molecule has 88 heavy (non-hydrogen) atoms. The van der Waals surface area contributed by atoms with Crippen molar-refractivity contribution in [2.45, 2.75) is 55.4 Å². The minimum atomic E-state index is -0.0991. The average Bonchev–Trinajstić information content (AvgIpc) is 1.48.